The van der Waals surface area contributed by atoms with Gasteiger partial charge in [-0.05, 0) is 12.1 Å². The number of alkyl halides is 3. The number of nitrogens with zero attached hydrogens (tertiary/aromatic N) is 1. The Hall–Kier alpha value is -2.10. The van der Waals surface area contributed by atoms with E-state index >= 15 is 0 Å². The number of hydrogen-bond donors (Lipinski definition) is 3. The number of rotatable bonds is 1. The summed E-state index contributed by atoms with van der Waals surface area (Å²) in [4.78, 5) is 13.7. The number of anilines is 1. The van der Waals surface area contributed by atoms with Gasteiger partial charge in [0, 0.05) is 75.6 Å². The van der Waals surface area contributed by atoms with Crippen molar-refractivity contribution in [1.29, 1.82) is 0 Å². The molecule has 0 bridgehead atoms. The molecule has 2 heterocycles. The average Bonchev–Trinajstić information content (AvgIpc) is 2.60. The van der Waals surface area contributed by atoms with Crippen molar-refractivity contribution in [2.45, 2.75) is 6.18 Å². The smallest absolute Gasteiger partial charge is 0.417 e. The van der Waals surface area contributed by atoms with Crippen LogP contribution in [0.2, 0.25) is 0 Å². The number of halogens is 3. The van der Waals surface area contributed by atoms with Gasteiger partial charge in [0.1, 0.15) is 5.58 Å². The Morgan fingerprint density at radius 2 is 1.48 bits per heavy atom. The van der Waals surface area contributed by atoms with Gasteiger partial charge < -0.3 is 25.3 Å². The lowest BCUT2D eigenvalue weighted by Gasteiger charge is -2.26. The predicted molar refractivity (Wildman–Crippen MR) is 98.3 cm³/mol. The summed E-state index contributed by atoms with van der Waals surface area (Å²) in [7, 11) is 0. The van der Waals surface area contributed by atoms with Crippen molar-refractivity contribution in [3.05, 3.63) is 40.2 Å². The summed E-state index contributed by atoms with van der Waals surface area (Å²) in [6.45, 7) is 6.31. The van der Waals surface area contributed by atoms with E-state index in [9.17, 15) is 18.0 Å². The molecule has 0 saturated carbocycles. The van der Waals surface area contributed by atoms with Crippen LogP contribution in [0, 0.1) is 0 Å². The van der Waals surface area contributed by atoms with E-state index in [2.05, 4.69) is 20.9 Å². The molecule has 27 heavy (non-hydrogen) atoms. The molecule has 0 aliphatic carbocycles. The van der Waals surface area contributed by atoms with E-state index < -0.39 is 17.4 Å². The molecule has 0 atom stereocenters. The third-order valence-corrected chi connectivity index (χ3v) is 4.47. The summed E-state index contributed by atoms with van der Waals surface area (Å²) in [6, 6.07) is 5.03. The third-order valence-electron chi connectivity index (χ3n) is 4.47. The fourth-order valence-corrected chi connectivity index (χ4v) is 3.11. The molecule has 1 fully saturated rings. The van der Waals surface area contributed by atoms with Crippen molar-refractivity contribution in [3.63, 3.8) is 0 Å². The molecule has 2 aromatic rings. The lowest BCUT2D eigenvalue weighted by Crippen LogP contribution is -2.41. The van der Waals surface area contributed by atoms with E-state index in [1.54, 1.807) is 6.07 Å². The minimum atomic E-state index is -4.61. The van der Waals surface area contributed by atoms with Crippen LogP contribution in [0.4, 0.5) is 18.9 Å². The van der Waals surface area contributed by atoms with Crippen molar-refractivity contribution >= 4 is 16.7 Å². The lowest BCUT2D eigenvalue weighted by molar-refractivity contribution is -0.136. The molecule has 0 radical (unpaired) electrons. The number of nitrogens with one attached hydrogen (secondary N) is 3. The maximum Gasteiger partial charge on any atom is 0.417 e. The Labute approximate surface area is 154 Å². The normalized spacial score (nSPS) is 18.1. The highest BCUT2D eigenvalue weighted by molar-refractivity contribution is 5.84. The second-order valence-electron chi connectivity index (χ2n) is 6.39. The van der Waals surface area contributed by atoms with Gasteiger partial charge in [-0.1, -0.05) is 0 Å². The fourth-order valence-electron chi connectivity index (χ4n) is 3.11. The topological polar surface area (TPSA) is 69.5 Å². The Morgan fingerprint density at radius 1 is 0.889 bits per heavy atom. The Morgan fingerprint density at radius 3 is 2.07 bits per heavy atom. The first-order valence-electron chi connectivity index (χ1n) is 8.97. The molecule has 0 amide bonds. The monoisotopic (exact) mass is 384 g/mol. The van der Waals surface area contributed by atoms with E-state index in [0.29, 0.717) is 19.2 Å². The zero-order valence-electron chi connectivity index (χ0n) is 14.9. The van der Waals surface area contributed by atoms with Gasteiger partial charge in [0.25, 0.3) is 0 Å². The molecule has 1 aromatic heterocycles. The molecular formula is C18H23F3N4O2. The van der Waals surface area contributed by atoms with Crippen LogP contribution in [-0.2, 0) is 6.18 Å². The Kier molecular flexibility index (Phi) is 6.35. The summed E-state index contributed by atoms with van der Waals surface area (Å²) in [5.74, 6) is 0. The van der Waals surface area contributed by atoms with Gasteiger partial charge in [0.15, 0.2) is 0 Å². The molecule has 0 spiro atoms. The highest BCUT2D eigenvalue weighted by atomic mass is 19.4. The minimum Gasteiger partial charge on any atom is -0.423 e. The first kappa shape index (κ1) is 19.7. The van der Waals surface area contributed by atoms with Gasteiger partial charge in [-0.15, -0.1) is 0 Å². The van der Waals surface area contributed by atoms with Gasteiger partial charge in [0.2, 0.25) is 0 Å². The third kappa shape index (κ3) is 5.21. The number of fused-ring (bicyclic) bond motifs is 1. The summed E-state index contributed by atoms with van der Waals surface area (Å²) in [6.07, 6.45) is -4.61. The minimum absolute atomic E-state index is 0.0523. The maximum absolute atomic E-state index is 13.2. The molecule has 1 aromatic carbocycles. The van der Waals surface area contributed by atoms with Crippen LogP contribution in [0.3, 0.4) is 0 Å². The van der Waals surface area contributed by atoms with E-state index in [4.69, 9.17) is 4.42 Å². The van der Waals surface area contributed by atoms with Crippen LogP contribution in [0.25, 0.3) is 11.0 Å². The van der Waals surface area contributed by atoms with E-state index in [1.165, 1.54) is 12.1 Å². The molecule has 1 saturated heterocycles. The summed E-state index contributed by atoms with van der Waals surface area (Å²) in [5, 5.41) is 9.87. The SMILES string of the molecule is O=c1cc(C(F)(F)F)c2ccc(N3CCNCCNCCNCC3)cc2o1. The van der Waals surface area contributed by atoms with E-state index in [0.717, 1.165) is 45.0 Å². The van der Waals surface area contributed by atoms with Crippen LogP contribution >= 0.6 is 0 Å². The highest BCUT2D eigenvalue weighted by Gasteiger charge is 2.33. The van der Waals surface area contributed by atoms with Gasteiger partial charge in [-0.3, -0.25) is 0 Å². The molecule has 0 unspecified atom stereocenters. The number of hydrogen-bond acceptors (Lipinski definition) is 6. The summed E-state index contributed by atoms with van der Waals surface area (Å²) < 4.78 is 44.6. The van der Waals surface area contributed by atoms with Crippen molar-refractivity contribution < 1.29 is 17.6 Å². The summed E-state index contributed by atoms with van der Waals surface area (Å²) in [5.41, 5.74) is -1.30. The summed E-state index contributed by atoms with van der Waals surface area (Å²) >= 11 is 0. The molecule has 9 heteroatoms. The van der Waals surface area contributed by atoms with Gasteiger partial charge in [-0.2, -0.15) is 13.2 Å². The van der Waals surface area contributed by atoms with Crippen LogP contribution < -0.4 is 26.5 Å². The van der Waals surface area contributed by atoms with Crippen LogP contribution in [0.5, 0.6) is 0 Å². The molecule has 3 rings (SSSR count). The van der Waals surface area contributed by atoms with Crippen molar-refractivity contribution in [2.75, 3.05) is 57.3 Å². The molecule has 1 aliphatic heterocycles. The standard InChI is InChI=1S/C18H23F3N4O2/c19-18(20,21)15-12-17(26)27-16-11-13(1-2-14(15)16)25-9-7-23-5-3-22-4-6-24-8-10-25/h1-2,11-12,22-24H,3-10H2. The first-order chi connectivity index (χ1) is 12.9. The molecular weight excluding hydrogens is 361 g/mol. The molecule has 1 aliphatic rings. The average molecular weight is 384 g/mol. The lowest BCUT2D eigenvalue weighted by atomic mass is 10.1. The quantitative estimate of drug-likeness (QED) is 0.646. The molecule has 6 nitrogen and oxygen atoms in total. The first-order valence-corrected chi connectivity index (χ1v) is 8.97. The fraction of sp³-hybridized carbons (Fsp3) is 0.500. The van der Waals surface area contributed by atoms with Crippen molar-refractivity contribution in [3.8, 4) is 0 Å². The van der Waals surface area contributed by atoms with Crippen LogP contribution in [-0.4, -0.2) is 52.4 Å². The number of benzene rings is 1. The molecule has 148 valence electrons. The predicted octanol–water partition coefficient (Wildman–Crippen LogP) is 1.40. The van der Waals surface area contributed by atoms with E-state index in [1.807, 2.05) is 0 Å². The van der Waals surface area contributed by atoms with Crippen molar-refractivity contribution in [1.82, 2.24) is 16.0 Å². The van der Waals surface area contributed by atoms with Crippen molar-refractivity contribution in [2.24, 2.45) is 0 Å². The van der Waals surface area contributed by atoms with Crippen LogP contribution in [0.1, 0.15) is 5.56 Å². The molecule has 3 N–H and O–H groups in total. The zero-order valence-corrected chi connectivity index (χ0v) is 14.9. The van der Waals surface area contributed by atoms with Gasteiger partial charge >= 0.3 is 11.8 Å². The second kappa shape index (κ2) is 8.73. The maximum atomic E-state index is 13.2. The highest BCUT2D eigenvalue weighted by Crippen LogP contribution is 2.34. The van der Waals surface area contributed by atoms with Gasteiger partial charge in [0.05, 0.1) is 5.56 Å². The Balaban J connectivity index is 1.88. The van der Waals surface area contributed by atoms with E-state index in [-0.39, 0.29) is 11.0 Å². The van der Waals surface area contributed by atoms with Crippen LogP contribution in [0.15, 0.2) is 33.5 Å². The second-order valence-corrected chi connectivity index (χ2v) is 6.39. The largest absolute Gasteiger partial charge is 0.423 e. The Bertz CT molecular complexity index is 810. The van der Waals surface area contributed by atoms with Gasteiger partial charge in [-0.25, -0.2) is 4.79 Å². The zero-order chi connectivity index (χ0) is 19.3.